The Kier molecular flexibility index (Phi) is 5.06. The molecule has 0 aliphatic heterocycles. The molecule has 90 valence electrons. The normalized spacial score (nSPS) is 25.8. The molecule has 1 heterocycles. The fourth-order valence-corrected chi connectivity index (χ4v) is 3.47. The van der Waals surface area contributed by atoms with Crippen LogP contribution >= 0.6 is 23.1 Å². The van der Waals surface area contributed by atoms with Gasteiger partial charge in [0.2, 0.25) is 0 Å². The summed E-state index contributed by atoms with van der Waals surface area (Å²) in [6.07, 6.45) is 5.77. The van der Waals surface area contributed by atoms with Crippen molar-refractivity contribution in [3.8, 4) is 0 Å². The van der Waals surface area contributed by atoms with Crippen molar-refractivity contribution in [1.29, 1.82) is 0 Å². The predicted molar refractivity (Wildman–Crippen MR) is 68.0 cm³/mol. The third-order valence-electron chi connectivity index (χ3n) is 3.01. The second-order valence-corrected chi connectivity index (χ2v) is 6.40. The second-order valence-electron chi connectivity index (χ2n) is 4.22. The fraction of sp³-hybridized carbons (Fsp3) is 0.818. The maximum Gasteiger partial charge on any atom is 0.174 e. The van der Waals surface area contributed by atoms with Gasteiger partial charge >= 0.3 is 0 Å². The molecule has 2 atom stereocenters. The van der Waals surface area contributed by atoms with Crippen LogP contribution in [0.3, 0.4) is 0 Å². The Morgan fingerprint density at radius 1 is 1.50 bits per heavy atom. The first-order valence-electron chi connectivity index (χ1n) is 5.87. The molecule has 1 aromatic rings. The van der Waals surface area contributed by atoms with Gasteiger partial charge in [0.25, 0.3) is 0 Å². The van der Waals surface area contributed by atoms with E-state index in [1.807, 2.05) is 0 Å². The van der Waals surface area contributed by atoms with Crippen molar-refractivity contribution >= 4 is 23.1 Å². The summed E-state index contributed by atoms with van der Waals surface area (Å²) in [6.45, 7) is 3.14. The van der Waals surface area contributed by atoms with E-state index in [4.69, 9.17) is 4.74 Å². The average molecular weight is 258 g/mol. The highest BCUT2D eigenvalue weighted by Crippen LogP contribution is 2.26. The molecule has 0 spiro atoms. The molecular formula is C11H18N2OS2. The van der Waals surface area contributed by atoms with E-state index in [2.05, 4.69) is 17.1 Å². The fourth-order valence-electron chi connectivity index (χ4n) is 2.08. The first kappa shape index (κ1) is 12.3. The van der Waals surface area contributed by atoms with Crippen molar-refractivity contribution in [2.45, 2.75) is 43.1 Å². The number of thioether (sulfide) groups is 1. The number of nitrogens with zero attached hydrogens (tertiary/aromatic N) is 2. The standard InChI is InChI=1S/C11H18N2OS2/c1-9-4-2-3-5-10(9)14-6-7-15-11-13-12-8-16-11/h8-10H,2-7H2,1H3/t9-,10+/m1/s1. The predicted octanol–water partition coefficient (Wildman–Crippen LogP) is 3.23. The van der Waals surface area contributed by atoms with Gasteiger partial charge in [0.05, 0.1) is 12.7 Å². The van der Waals surface area contributed by atoms with Gasteiger partial charge in [-0.05, 0) is 18.8 Å². The highest BCUT2D eigenvalue weighted by molar-refractivity contribution is 8.01. The summed E-state index contributed by atoms with van der Waals surface area (Å²) in [5.74, 6) is 1.72. The van der Waals surface area contributed by atoms with Crippen LogP contribution in [-0.4, -0.2) is 28.7 Å². The SMILES string of the molecule is C[C@@H]1CCCC[C@@H]1OCCSc1nncs1. The minimum absolute atomic E-state index is 0.490. The van der Waals surface area contributed by atoms with Gasteiger partial charge in [-0.3, -0.25) is 0 Å². The summed E-state index contributed by atoms with van der Waals surface area (Å²) < 4.78 is 6.97. The lowest BCUT2D eigenvalue weighted by Gasteiger charge is -2.28. The minimum atomic E-state index is 0.490. The maximum atomic E-state index is 5.93. The zero-order chi connectivity index (χ0) is 11.2. The highest BCUT2D eigenvalue weighted by atomic mass is 32.2. The Bertz CT molecular complexity index is 292. The van der Waals surface area contributed by atoms with Crippen LogP contribution in [0.1, 0.15) is 32.6 Å². The lowest BCUT2D eigenvalue weighted by Crippen LogP contribution is -2.26. The van der Waals surface area contributed by atoms with E-state index in [-0.39, 0.29) is 0 Å². The zero-order valence-electron chi connectivity index (χ0n) is 9.59. The van der Waals surface area contributed by atoms with Crippen LogP contribution < -0.4 is 0 Å². The molecule has 1 aliphatic carbocycles. The van der Waals surface area contributed by atoms with Crippen LogP contribution in [0.5, 0.6) is 0 Å². The van der Waals surface area contributed by atoms with Gasteiger partial charge in [0.1, 0.15) is 5.51 Å². The lowest BCUT2D eigenvalue weighted by molar-refractivity contribution is 0.00347. The van der Waals surface area contributed by atoms with Crippen molar-refractivity contribution in [1.82, 2.24) is 10.2 Å². The molecule has 0 bridgehead atoms. The summed E-state index contributed by atoms with van der Waals surface area (Å²) in [7, 11) is 0. The molecule has 0 amide bonds. The van der Waals surface area contributed by atoms with Crippen molar-refractivity contribution in [3.63, 3.8) is 0 Å². The van der Waals surface area contributed by atoms with E-state index < -0.39 is 0 Å². The molecule has 0 unspecified atom stereocenters. The summed E-state index contributed by atoms with van der Waals surface area (Å²) in [4.78, 5) is 0. The summed E-state index contributed by atoms with van der Waals surface area (Å²) >= 11 is 3.33. The summed E-state index contributed by atoms with van der Waals surface area (Å²) in [5, 5.41) is 7.80. The molecule has 5 heteroatoms. The quantitative estimate of drug-likeness (QED) is 0.600. The highest BCUT2D eigenvalue weighted by Gasteiger charge is 2.21. The maximum absolute atomic E-state index is 5.93. The molecule has 2 rings (SSSR count). The lowest BCUT2D eigenvalue weighted by atomic mass is 9.88. The van der Waals surface area contributed by atoms with Gasteiger partial charge in [0, 0.05) is 5.75 Å². The molecule has 0 saturated heterocycles. The second kappa shape index (κ2) is 6.57. The number of ether oxygens (including phenoxy) is 1. The third kappa shape index (κ3) is 3.71. The molecule has 1 saturated carbocycles. The number of rotatable bonds is 5. The molecule has 1 aliphatic rings. The largest absolute Gasteiger partial charge is 0.377 e. The van der Waals surface area contributed by atoms with Crippen molar-refractivity contribution in [2.24, 2.45) is 5.92 Å². The van der Waals surface area contributed by atoms with Gasteiger partial charge < -0.3 is 4.74 Å². The zero-order valence-corrected chi connectivity index (χ0v) is 11.2. The molecule has 16 heavy (non-hydrogen) atoms. The Morgan fingerprint density at radius 3 is 3.12 bits per heavy atom. The van der Waals surface area contributed by atoms with E-state index in [1.54, 1.807) is 28.6 Å². The topological polar surface area (TPSA) is 35.0 Å². The Morgan fingerprint density at radius 2 is 2.38 bits per heavy atom. The van der Waals surface area contributed by atoms with Gasteiger partial charge in [-0.1, -0.05) is 42.9 Å². The van der Waals surface area contributed by atoms with Crippen LogP contribution in [0.4, 0.5) is 0 Å². The van der Waals surface area contributed by atoms with Crippen LogP contribution in [0.25, 0.3) is 0 Å². The van der Waals surface area contributed by atoms with Crippen LogP contribution in [0.2, 0.25) is 0 Å². The monoisotopic (exact) mass is 258 g/mol. The van der Waals surface area contributed by atoms with E-state index >= 15 is 0 Å². The molecule has 0 radical (unpaired) electrons. The van der Waals surface area contributed by atoms with E-state index in [0.717, 1.165) is 22.6 Å². The van der Waals surface area contributed by atoms with Gasteiger partial charge in [-0.2, -0.15) is 0 Å². The van der Waals surface area contributed by atoms with Crippen LogP contribution in [0.15, 0.2) is 9.85 Å². The van der Waals surface area contributed by atoms with Crippen molar-refractivity contribution in [3.05, 3.63) is 5.51 Å². The average Bonchev–Trinajstić information content (AvgIpc) is 2.79. The third-order valence-corrected chi connectivity index (χ3v) is 4.84. The van der Waals surface area contributed by atoms with Crippen molar-refractivity contribution in [2.75, 3.05) is 12.4 Å². The molecule has 0 aromatic carbocycles. The van der Waals surface area contributed by atoms with Gasteiger partial charge in [-0.15, -0.1) is 10.2 Å². The van der Waals surface area contributed by atoms with E-state index in [9.17, 15) is 0 Å². The minimum Gasteiger partial charge on any atom is -0.377 e. The molecule has 0 N–H and O–H groups in total. The van der Waals surface area contributed by atoms with Crippen molar-refractivity contribution < 1.29 is 4.74 Å². The molecular weight excluding hydrogens is 240 g/mol. The summed E-state index contributed by atoms with van der Waals surface area (Å²) in [5.41, 5.74) is 1.77. The molecule has 1 aromatic heterocycles. The first-order chi connectivity index (χ1) is 7.86. The van der Waals surface area contributed by atoms with Gasteiger partial charge in [-0.25, -0.2) is 0 Å². The number of hydrogen-bond donors (Lipinski definition) is 0. The van der Waals surface area contributed by atoms with Crippen LogP contribution in [0, 0.1) is 5.92 Å². The first-order valence-corrected chi connectivity index (χ1v) is 7.73. The Labute approximate surface area is 105 Å². The Balaban J connectivity index is 1.60. The number of aromatic nitrogens is 2. The van der Waals surface area contributed by atoms with Crippen LogP contribution in [-0.2, 0) is 4.74 Å². The van der Waals surface area contributed by atoms with E-state index in [0.29, 0.717) is 6.10 Å². The van der Waals surface area contributed by atoms with E-state index in [1.165, 1.54) is 25.7 Å². The smallest absolute Gasteiger partial charge is 0.174 e. The van der Waals surface area contributed by atoms with Gasteiger partial charge in [0.15, 0.2) is 4.34 Å². The Hall–Kier alpha value is -0.130. The number of hydrogen-bond acceptors (Lipinski definition) is 5. The molecule has 3 nitrogen and oxygen atoms in total. The molecule has 1 fully saturated rings. The summed E-state index contributed by atoms with van der Waals surface area (Å²) in [6, 6.07) is 0.